The smallest absolute Gasteiger partial charge is 0.120 e. The third-order valence-electron chi connectivity index (χ3n) is 4.80. The van der Waals surface area contributed by atoms with Crippen LogP contribution in [0.4, 0.5) is 0 Å². The van der Waals surface area contributed by atoms with Crippen molar-refractivity contribution in [3.63, 3.8) is 0 Å². The monoisotopic (exact) mass is 316 g/mol. The quantitative estimate of drug-likeness (QED) is 0.560. The second-order valence-corrected chi connectivity index (χ2v) is 6.26. The molecule has 1 nitrogen and oxygen atoms in total. The number of para-hydroxylation sites is 1. The van der Waals surface area contributed by atoms with E-state index in [0.717, 1.165) is 24.8 Å². The highest BCUT2D eigenvalue weighted by Gasteiger charge is 2.37. The lowest BCUT2D eigenvalue weighted by atomic mass is 9.66. The van der Waals surface area contributed by atoms with Crippen LogP contribution in [0.1, 0.15) is 42.9 Å². The predicted octanol–water partition coefficient (Wildman–Crippen LogP) is 5.92. The Morgan fingerprint density at radius 2 is 1.21 bits per heavy atom. The number of hydrogen-bond donors (Lipinski definition) is 1. The molecule has 122 valence electrons. The first-order valence-electron chi connectivity index (χ1n) is 8.68. The van der Waals surface area contributed by atoms with Crippen LogP contribution in [0.25, 0.3) is 0 Å². The van der Waals surface area contributed by atoms with E-state index in [1.165, 1.54) is 11.1 Å². The van der Waals surface area contributed by atoms with Gasteiger partial charge in [0.05, 0.1) is 0 Å². The molecule has 0 radical (unpaired) electrons. The highest BCUT2D eigenvalue weighted by molar-refractivity contribution is 5.54. The lowest BCUT2D eigenvalue weighted by Crippen LogP contribution is -2.29. The largest absolute Gasteiger partial charge is 0.508 e. The summed E-state index contributed by atoms with van der Waals surface area (Å²) in [7, 11) is 0. The van der Waals surface area contributed by atoms with Crippen LogP contribution in [-0.4, -0.2) is 5.11 Å². The van der Waals surface area contributed by atoms with E-state index in [0.29, 0.717) is 5.75 Å². The Kier molecular flexibility index (Phi) is 5.00. The van der Waals surface area contributed by atoms with E-state index in [4.69, 9.17) is 0 Å². The standard InChI is InChI=1S/C23H24O/c1-2-3-18-23(19-12-6-4-7-13-19,20-14-8-5-9-15-20)21-16-10-11-17-22(21)24/h4-17,24H,2-3,18H2,1H3. The molecule has 0 aliphatic rings. The highest BCUT2D eigenvalue weighted by atomic mass is 16.3. The molecule has 0 atom stereocenters. The SMILES string of the molecule is CCCCC(c1ccccc1)(c1ccccc1)c1ccccc1O. The number of benzene rings is 3. The van der Waals surface area contributed by atoms with Crippen LogP contribution in [-0.2, 0) is 5.41 Å². The summed E-state index contributed by atoms with van der Waals surface area (Å²) in [5.41, 5.74) is 3.11. The maximum absolute atomic E-state index is 10.7. The number of rotatable bonds is 6. The zero-order valence-electron chi connectivity index (χ0n) is 14.2. The van der Waals surface area contributed by atoms with Gasteiger partial charge >= 0.3 is 0 Å². The Morgan fingerprint density at radius 1 is 0.708 bits per heavy atom. The second kappa shape index (κ2) is 7.35. The maximum atomic E-state index is 10.7. The summed E-state index contributed by atoms with van der Waals surface area (Å²) in [5, 5.41) is 10.7. The molecule has 0 bridgehead atoms. The van der Waals surface area contributed by atoms with E-state index in [9.17, 15) is 5.11 Å². The third-order valence-corrected chi connectivity index (χ3v) is 4.80. The molecule has 0 amide bonds. The van der Waals surface area contributed by atoms with Crippen LogP contribution in [0.5, 0.6) is 5.75 Å². The zero-order valence-corrected chi connectivity index (χ0v) is 14.2. The van der Waals surface area contributed by atoms with Crippen LogP contribution >= 0.6 is 0 Å². The van der Waals surface area contributed by atoms with Crippen molar-refractivity contribution in [2.75, 3.05) is 0 Å². The van der Waals surface area contributed by atoms with Crippen LogP contribution in [0.15, 0.2) is 84.9 Å². The lowest BCUT2D eigenvalue weighted by Gasteiger charge is -2.36. The molecule has 24 heavy (non-hydrogen) atoms. The van der Waals surface area contributed by atoms with E-state index in [1.54, 1.807) is 6.07 Å². The van der Waals surface area contributed by atoms with Gasteiger partial charge in [0, 0.05) is 11.0 Å². The average molecular weight is 316 g/mol. The summed E-state index contributed by atoms with van der Waals surface area (Å²) in [4.78, 5) is 0. The van der Waals surface area contributed by atoms with Crippen LogP contribution in [0.2, 0.25) is 0 Å². The van der Waals surface area contributed by atoms with Crippen LogP contribution in [0.3, 0.4) is 0 Å². The first-order valence-corrected chi connectivity index (χ1v) is 8.68. The van der Waals surface area contributed by atoms with E-state index in [-0.39, 0.29) is 5.41 Å². The van der Waals surface area contributed by atoms with E-state index in [2.05, 4.69) is 61.5 Å². The minimum absolute atomic E-state index is 0.329. The molecule has 3 aromatic carbocycles. The fourth-order valence-electron chi connectivity index (χ4n) is 3.62. The van der Waals surface area contributed by atoms with Gasteiger partial charge in [-0.25, -0.2) is 0 Å². The molecule has 0 spiro atoms. The summed E-state index contributed by atoms with van der Waals surface area (Å²) >= 11 is 0. The summed E-state index contributed by atoms with van der Waals surface area (Å²) in [6.45, 7) is 2.21. The topological polar surface area (TPSA) is 20.2 Å². The minimum atomic E-state index is -0.329. The Labute approximate surface area is 144 Å². The summed E-state index contributed by atoms with van der Waals surface area (Å²) in [6.07, 6.45) is 3.18. The molecule has 0 fully saturated rings. The van der Waals surface area contributed by atoms with Crippen molar-refractivity contribution in [2.24, 2.45) is 0 Å². The van der Waals surface area contributed by atoms with E-state index >= 15 is 0 Å². The second-order valence-electron chi connectivity index (χ2n) is 6.26. The Balaban J connectivity index is 2.31. The van der Waals surface area contributed by atoms with Crippen molar-refractivity contribution in [1.82, 2.24) is 0 Å². The molecule has 0 unspecified atom stereocenters. The van der Waals surface area contributed by atoms with Crippen molar-refractivity contribution < 1.29 is 5.11 Å². The summed E-state index contributed by atoms with van der Waals surface area (Å²) in [6, 6.07) is 28.9. The number of hydrogen-bond acceptors (Lipinski definition) is 1. The Hall–Kier alpha value is -2.54. The van der Waals surface area contributed by atoms with Gasteiger partial charge in [0.2, 0.25) is 0 Å². The molecule has 3 aromatic rings. The normalized spacial score (nSPS) is 11.4. The zero-order chi connectivity index (χ0) is 16.8. The van der Waals surface area contributed by atoms with Gasteiger partial charge in [-0.2, -0.15) is 0 Å². The summed E-state index contributed by atoms with van der Waals surface area (Å²) in [5.74, 6) is 0.362. The Morgan fingerprint density at radius 3 is 1.71 bits per heavy atom. The fraction of sp³-hybridized carbons (Fsp3) is 0.217. The number of aromatic hydroxyl groups is 1. The van der Waals surface area contributed by atoms with Gasteiger partial charge < -0.3 is 5.11 Å². The van der Waals surface area contributed by atoms with Gasteiger partial charge in [0.25, 0.3) is 0 Å². The first-order chi connectivity index (χ1) is 11.8. The van der Waals surface area contributed by atoms with E-state index in [1.807, 2.05) is 24.3 Å². The molecule has 3 rings (SSSR count). The Bertz CT molecular complexity index is 723. The van der Waals surface area contributed by atoms with E-state index < -0.39 is 0 Å². The molecule has 0 saturated carbocycles. The summed E-state index contributed by atoms with van der Waals surface area (Å²) < 4.78 is 0. The van der Waals surface area contributed by atoms with Gasteiger partial charge in [-0.05, 0) is 23.6 Å². The van der Waals surface area contributed by atoms with Crippen molar-refractivity contribution in [3.05, 3.63) is 102 Å². The van der Waals surface area contributed by atoms with Gasteiger partial charge in [-0.3, -0.25) is 0 Å². The molecular formula is C23H24O. The molecule has 0 aliphatic heterocycles. The molecule has 1 heteroatoms. The van der Waals surface area contributed by atoms with Crippen molar-refractivity contribution >= 4 is 0 Å². The third kappa shape index (κ3) is 2.94. The molecule has 0 heterocycles. The molecule has 1 N–H and O–H groups in total. The van der Waals surface area contributed by atoms with Gasteiger partial charge in [-0.1, -0.05) is 98.6 Å². The molecule has 0 aliphatic carbocycles. The van der Waals surface area contributed by atoms with Gasteiger partial charge in [0.15, 0.2) is 0 Å². The molecule has 0 saturated heterocycles. The first kappa shape index (κ1) is 16.3. The molecule has 0 aromatic heterocycles. The number of unbranched alkanes of at least 4 members (excludes halogenated alkanes) is 1. The van der Waals surface area contributed by atoms with Crippen LogP contribution in [0, 0.1) is 0 Å². The molecular weight excluding hydrogens is 292 g/mol. The minimum Gasteiger partial charge on any atom is -0.508 e. The van der Waals surface area contributed by atoms with Gasteiger partial charge in [0.1, 0.15) is 5.75 Å². The van der Waals surface area contributed by atoms with Crippen molar-refractivity contribution in [1.29, 1.82) is 0 Å². The van der Waals surface area contributed by atoms with Gasteiger partial charge in [-0.15, -0.1) is 0 Å². The lowest BCUT2D eigenvalue weighted by molar-refractivity contribution is 0.441. The van der Waals surface area contributed by atoms with Crippen LogP contribution < -0.4 is 0 Å². The number of phenols is 1. The fourth-order valence-corrected chi connectivity index (χ4v) is 3.62. The predicted molar refractivity (Wildman–Crippen MR) is 100 cm³/mol. The van der Waals surface area contributed by atoms with Crippen molar-refractivity contribution in [3.8, 4) is 5.75 Å². The highest BCUT2D eigenvalue weighted by Crippen LogP contribution is 2.46. The maximum Gasteiger partial charge on any atom is 0.120 e. The average Bonchev–Trinajstić information content (AvgIpc) is 2.65. The number of phenolic OH excluding ortho intramolecular Hbond substituents is 1. The van der Waals surface area contributed by atoms with Crippen molar-refractivity contribution in [2.45, 2.75) is 31.6 Å².